The number of para-hydroxylation sites is 2. The Labute approximate surface area is 143 Å². The predicted octanol–water partition coefficient (Wildman–Crippen LogP) is 2.96. The Morgan fingerprint density at radius 1 is 0.958 bits per heavy atom. The molecule has 0 amide bonds. The lowest BCUT2D eigenvalue weighted by molar-refractivity contribution is 0.109. The first-order chi connectivity index (χ1) is 11.8. The summed E-state index contributed by atoms with van der Waals surface area (Å²) < 4.78 is 11.2. The zero-order valence-corrected chi connectivity index (χ0v) is 14.0. The van der Waals surface area contributed by atoms with E-state index in [1.54, 1.807) is 0 Å². The number of nitrogens with two attached hydrogens (primary N) is 1. The van der Waals surface area contributed by atoms with E-state index in [0.29, 0.717) is 19.8 Å². The van der Waals surface area contributed by atoms with E-state index in [1.165, 1.54) is 0 Å². The van der Waals surface area contributed by atoms with Gasteiger partial charge in [-0.2, -0.15) is 0 Å². The number of nitrogen functional groups attached to an aromatic ring is 1. The van der Waals surface area contributed by atoms with E-state index >= 15 is 0 Å². The Kier molecular flexibility index (Phi) is 5.69. The standard InChI is InChI=1S/C19H25N3O2/c1-2-23-11-12-24-19-10-6-4-8-15(19)18-13-17(21-22-18)14-7-3-5-9-16(14)20/h3-10,17-18,21-22H,2,11-13,20H2,1H3. The van der Waals surface area contributed by atoms with Gasteiger partial charge in [-0.1, -0.05) is 36.4 Å². The Hall–Kier alpha value is -2.08. The van der Waals surface area contributed by atoms with Crippen molar-refractivity contribution in [1.82, 2.24) is 10.9 Å². The minimum absolute atomic E-state index is 0.179. The van der Waals surface area contributed by atoms with Crippen LogP contribution in [0, 0.1) is 0 Å². The minimum atomic E-state index is 0.179. The molecule has 2 aromatic rings. The van der Waals surface area contributed by atoms with E-state index in [2.05, 4.69) is 23.0 Å². The van der Waals surface area contributed by atoms with Crippen LogP contribution >= 0.6 is 0 Å². The molecule has 1 heterocycles. The predicted molar refractivity (Wildman–Crippen MR) is 95.7 cm³/mol. The first kappa shape index (κ1) is 16.8. The van der Waals surface area contributed by atoms with Gasteiger partial charge in [-0.3, -0.25) is 0 Å². The number of hydrazine groups is 1. The van der Waals surface area contributed by atoms with Crippen molar-refractivity contribution in [2.45, 2.75) is 25.4 Å². The van der Waals surface area contributed by atoms with Gasteiger partial charge in [-0.05, 0) is 31.0 Å². The van der Waals surface area contributed by atoms with Gasteiger partial charge in [0.15, 0.2) is 0 Å². The Morgan fingerprint density at radius 3 is 2.38 bits per heavy atom. The summed E-state index contributed by atoms with van der Waals surface area (Å²) in [5.74, 6) is 0.901. The van der Waals surface area contributed by atoms with Gasteiger partial charge in [-0.15, -0.1) is 0 Å². The number of hydrogen-bond acceptors (Lipinski definition) is 5. The smallest absolute Gasteiger partial charge is 0.124 e. The van der Waals surface area contributed by atoms with E-state index in [0.717, 1.165) is 29.0 Å². The van der Waals surface area contributed by atoms with Gasteiger partial charge in [0.1, 0.15) is 12.4 Å². The molecule has 0 saturated carbocycles. The Bertz CT molecular complexity index is 663. The number of anilines is 1. The lowest BCUT2D eigenvalue weighted by atomic mass is 9.96. The average molecular weight is 327 g/mol. The van der Waals surface area contributed by atoms with Gasteiger partial charge >= 0.3 is 0 Å². The van der Waals surface area contributed by atoms with Crippen LogP contribution in [-0.4, -0.2) is 19.8 Å². The molecule has 0 aromatic heterocycles. The van der Waals surface area contributed by atoms with Crippen LogP contribution in [0.15, 0.2) is 48.5 Å². The quantitative estimate of drug-likeness (QED) is 0.539. The second kappa shape index (κ2) is 8.15. The largest absolute Gasteiger partial charge is 0.491 e. The van der Waals surface area contributed by atoms with Gasteiger partial charge < -0.3 is 15.2 Å². The summed E-state index contributed by atoms with van der Waals surface area (Å²) in [4.78, 5) is 0. The number of hydrogen-bond donors (Lipinski definition) is 3. The van der Waals surface area contributed by atoms with Gasteiger partial charge in [-0.25, -0.2) is 10.9 Å². The SMILES string of the molecule is CCOCCOc1ccccc1C1CC(c2ccccc2N)NN1. The second-order valence-corrected chi connectivity index (χ2v) is 5.84. The van der Waals surface area contributed by atoms with Crippen molar-refractivity contribution in [1.29, 1.82) is 0 Å². The van der Waals surface area contributed by atoms with Gasteiger partial charge in [0.05, 0.1) is 18.7 Å². The van der Waals surface area contributed by atoms with E-state index in [4.69, 9.17) is 15.2 Å². The topological polar surface area (TPSA) is 68.5 Å². The molecule has 0 spiro atoms. The fourth-order valence-corrected chi connectivity index (χ4v) is 3.05. The van der Waals surface area contributed by atoms with E-state index in [9.17, 15) is 0 Å². The summed E-state index contributed by atoms with van der Waals surface area (Å²) in [6.45, 7) is 3.85. The van der Waals surface area contributed by atoms with Crippen LogP contribution in [0.5, 0.6) is 5.75 Å². The number of rotatable bonds is 7. The highest BCUT2D eigenvalue weighted by Gasteiger charge is 2.28. The van der Waals surface area contributed by atoms with Crippen molar-refractivity contribution < 1.29 is 9.47 Å². The molecule has 5 heteroatoms. The van der Waals surface area contributed by atoms with Crippen LogP contribution in [0.1, 0.15) is 36.6 Å². The number of ether oxygens (including phenoxy) is 2. The molecule has 4 N–H and O–H groups in total. The maximum absolute atomic E-state index is 6.10. The molecule has 24 heavy (non-hydrogen) atoms. The highest BCUT2D eigenvalue weighted by atomic mass is 16.5. The zero-order valence-electron chi connectivity index (χ0n) is 14.0. The Morgan fingerprint density at radius 2 is 1.62 bits per heavy atom. The molecular formula is C19H25N3O2. The molecule has 128 valence electrons. The molecule has 5 nitrogen and oxygen atoms in total. The fourth-order valence-electron chi connectivity index (χ4n) is 3.05. The van der Waals surface area contributed by atoms with Crippen molar-refractivity contribution in [3.63, 3.8) is 0 Å². The molecule has 2 aromatic carbocycles. The monoisotopic (exact) mass is 327 g/mol. The summed E-state index contributed by atoms with van der Waals surface area (Å²) in [5, 5.41) is 0. The highest BCUT2D eigenvalue weighted by molar-refractivity contribution is 5.49. The average Bonchev–Trinajstić information content (AvgIpc) is 3.09. The lowest BCUT2D eigenvalue weighted by Gasteiger charge is -2.16. The van der Waals surface area contributed by atoms with Crippen LogP contribution in [0.3, 0.4) is 0 Å². The molecule has 0 aliphatic carbocycles. The highest BCUT2D eigenvalue weighted by Crippen LogP contribution is 2.36. The summed E-state index contributed by atoms with van der Waals surface area (Å²) in [6.07, 6.45) is 0.917. The van der Waals surface area contributed by atoms with Crippen molar-refractivity contribution in [3.05, 3.63) is 59.7 Å². The molecular weight excluding hydrogens is 302 g/mol. The van der Waals surface area contributed by atoms with Crippen molar-refractivity contribution in [2.75, 3.05) is 25.6 Å². The maximum atomic E-state index is 6.10. The van der Waals surface area contributed by atoms with E-state index in [1.807, 2.05) is 43.3 Å². The van der Waals surface area contributed by atoms with Crippen LogP contribution in [0.25, 0.3) is 0 Å². The molecule has 0 radical (unpaired) electrons. The Balaban J connectivity index is 1.68. The zero-order chi connectivity index (χ0) is 16.8. The molecule has 1 fully saturated rings. The minimum Gasteiger partial charge on any atom is -0.491 e. The van der Waals surface area contributed by atoms with Crippen molar-refractivity contribution in [3.8, 4) is 5.75 Å². The summed E-state index contributed by atoms with van der Waals surface area (Å²) in [6, 6.07) is 16.5. The normalized spacial score (nSPS) is 20.2. The third kappa shape index (κ3) is 3.87. The van der Waals surface area contributed by atoms with Crippen LogP contribution in [0.2, 0.25) is 0 Å². The van der Waals surface area contributed by atoms with Crippen molar-refractivity contribution >= 4 is 5.69 Å². The van der Waals surface area contributed by atoms with Gasteiger partial charge in [0.25, 0.3) is 0 Å². The second-order valence-electron chi connectivity index (χ2n) is 5.84. The first-order valence-electron chi connectivity index (χ1n) is 8.44. The number of nitrogens with one attached hydrogen (secondary N) is 2. The van der Waals surface area contributed by atoms with Gasteiger partial charge in [0.2, 0.25) is 0 Å². The van der Waals surface area contributed by atoms with Crippen molar-refractivity contribution in [2.24, 2.45) is 0 Å². The third-order valence-electron chi connectivity index (χ3n) is 4.26. The van der Waals surface area contributed by atoms with E-state index < -0.39 is 0 Å². The third-order valence-corrected chi connectivity index (χ3v) is 4.26. The summed E-state index contributed by atoms with van der Waals surface area (Å²) in [5.41, 5.74) is 15.9. The summed E-state index contributed by atoms with van der Waals surface area (Å²) >= 11 is 0. The molecule has 1 saturated heterocycles. The first-order valence-corrected chi connectivity index (χ1v) is 8.44. The number of benzene rings is 2. The molecule has 2 unspecified atom stereocenters. The van der Waals surface area contributed by atoms with Crippen LogP contribution in [0.4, 0.5) is 5.69 Å². The molecule has 3 rings (SSSR count). The molecule has 0 bridgehead atoms. The maximum Gasteiger partial charge on any atom is 0.124 e. The molecule has 1 aliphatic rings. The van der Waals surface area contributed by atoms with E-state index in [-0.39, 0.29) is 12.1 Å². The molecule has 1 aliphatic heterocycles. The molecule has 2 atom stereocenters. The fraction of sp³-hybridized carbons (Fsp3) is 0.368. The summed E-state index contributed by atoms with van der Waals surface area (Å²) in [7, 11) is 0. The van der Waals surface area contributed by atoms with Crippen LogP contribution in [-0.2, 0) is 4.74 Å². The lowest BCUT2D eigenvalue weighted by Crippen LogP contribution is -2.27. The van der Waals surface area contributed by atoms with Gasteiger partial charge in [0, 0.05) is 17.9 Å². The van der Waals surface area contributed by atoms with Crippen LogP contribution < -0.4 is 21.3 Å².